The largest absolute Gasteiger partial charge is 0.485 e. The summed E-state index contributed by atoms with van der Waals surface area (Å²) in [6, 6.07) is 7.65. The number of allylic oxidation sites excluding steroid dienone is 2. The second-order valence-electron chi connectivity index (χ2n) is 8.00. The number of rotatable bonds is 9. The number of aromatic nitrogens is 1. The average Bonchev–Trinajstić information content (AvgIpc) is 2.67. The van der Waals surface area contributed by atoms with Crippen LogP contribution in [0, 0.1) is 5.92 Å². The summed E-state index contributed by atoms with van der Waals surface area (Å²) in [5.74, 6) is 0.579. The van der Waals surface area contributed by atoms with E-state index in [0.717, 1.165) is 21.5 Å². The first-order valence-corrected chi connectivity index (χ1v) is 11.2. The van der Waals surface area contributed by atoms with E-state index in [2.05, 4.69) is 5.32 Å². The molecule has 1 aliphatic heterocycles. The minimum atomic E-state index is -0.532. The molecule has 2 heterocycles. The molecule has 0 spiro atoms. The van der Waals surface area contributed by atoms with E-state index in [9.17, 15) is 4.79 Å². The number of nitrogens with zero attached hydrogens (tertiary/aromatic N) is 1. The van der Waals surface area contributed by atoms with Gasteiger partial charge in [0.1, 0.15) is 11.4 Å². The normalized spacial score (nSPS) is 15.3. The van der Waals surface area contributed by atoms with Crippen molar-refractivity contribution >= 4 is 39.2 Å². The van der Waals surface area contributed by atoms with Crippen LogP contribution in [0.2, 0.25) is 0 Å². The van der Waals surface area contributed by atoms with Crippen LogP contribution in [0.15, 0.2) is 41.8 Å². The van der Waals surface area contributed by atoms with Crippen LogP contribution in [-0.4, -0.2) is 43.4 Å². The number of thioether (sulfide) groups is 1. The van der Waals surface area contributed by atoms with Gasteiger partial charge < -0.3 is 19.5 Å². The van der Waals surface area contributed by atoms with Gasteiger partial charge in [0.25, 0.3) is 0 Å². The minimum absolute atomic E-state index is 0.0312. The summed E-state index contributed by atoms with van der Waals surface area (Å²) in [6.07, 6.45) is 4.04. The zero-order valence-corrected chi connectivity index (χ0v) is 19.5. The Labute approximate surface area is 188 Å². The van der Waals surface area contributed by atoms with Gasteiger partial charge in [-0.15, -0.1) is 0 Å². The molecule has 1 aromatic heterocycles. The van der Waals surface area contributed by atoms with Gasteiger partial charge in [-0.05, 0) is 51.3 Å². The molecule has 1 aliphatic rings. The number of hydrogen-bond donors (Lipinski definition) is 1. The predicted octanol–water partition coefficient (Wildman–Crippen LogP) is 5.25. The van der Waals surface area contributed by atoms with E-state index in [1.54, 1.807) is 18.9 Å². The molecule has 1 N–H and O–H groups in total. The number of pyridine rings is 1. The van der Waals surface area contributed by atoms with Crippen LogP contribution in [0.3, 0.4) is 0 Å². The van der Waals surface area contributed by atoms with Crippen molar-refractivity contribution in [3.63, 3.8) is 0 Å². The number of carbonyl (C=O) groups is 1. The molecule has 2 aromatic rings. The molecule has 1 amide bonds. The van der Waals surface area contributed by atoms with Crippen LogP contribution in [-0.2, 0) is 14.3 Å². The highest BCUT2D eigenvalue weighted by atomic mass is 32.2. The number of fused-ring (bicyclic) bond motifs is 1. The first-order chi connectivity index (χ1) is 14.9. The van der Waals surface area contributed by atoms with Crippen molar-refractivity contribution in [2.75, 3.05) is 32.2 Å². The molecule has 0 saturated carbocycles. The molecule has 7 heteroatoms. The van der Waals surface area contributed by atoms with Crippen LogP contribution in [0.25, 0.3) is 15.8 Å². The zero-order valence-electron chi connectivity index (χ0n) is 18.7. The van der Waals surface area contributed by atoms with Gasteiger partial charge in [0.05, 0.1) is 36.9 Å². The summed E-state index contributed by atoms with van der Waals surface area (Å²) < 4.78 is 16.8. The van der Waals surface area contributed by atoms with Crippen LogP contribution >= 0.6 is 11.8 Å². The van der Waals surface area contributed by atoms with Gasteiger partial charge in [0, 0.05) is 29.2 Å². The Morgan fingerprint density at radius 2 is 2.10 bits per heavy atom. The Hall–Kier alpha value is -2.35. The average molecular weight is 443 g/mol. The smallest absolute Gasteiger partial charge is 0.232 e. The van der Waals surface area contributed by atoms with Gasteiger partial charge >= 0.3 is 0 Å². The third-order valence-electron chi connectivity index (χ3n) is 4.77. The maximum Gasteiger partial charge on any atom is 0.232 e. The second-order valence-corrected chi connectivity index (χ2v) is 8.94. The molecule has 3 rings (SSSR count). The van der Waals surface area contributed by atoms with E-state index in [1.807, 2.05) is 69.5 Å². The highest BCUT2D eigenvalue weighted by Gasteiger charge is 2.27. The first kappa shape index (κ1) is 23.3. The Kier molecular flexibility index (Phi) is 7.75. The van der Waals surface area contributed by atoms with Gasteiger partial charge in [-0.3, -0.25) is 4.79 Å². The standard InChI is InChI=1S/C24H30N2O4S/c1-6-10-31-22(7-2)20-12-21(30-24(3,4)15-28-5)18-11-17(8-9-19(18)26-20)25-23(27)16-13-29-14-16/h6-12,16H,13-15H2,1-5H3,(H,25,27)/b10-6-,22-7-. The molecule has 0 bridgehead atoms. The van der Waals surface area contributed by atoms with Crippen molar-refractivity contribution in [1.82, 2.24) is 4.98 Å². The van der Waals surface area contributed by atoms with E-state index in [4.69, 9.17) is 19.2 Å². The third-order valence-corrected chi connectivity index (χ3v) is 5.88. The molecular formula is C24H30N2O4S. The Bertz CT molecular complexity index is 996. The van der Waals surface area contributed by atoms with E-state index in [1.165, 1.54) is 0 Å². The monoisotopic (exact) mass is 442 g/mol. The fraction of sp³-hybridized carbons (Fsp3) is 0.417. The summed E-state index contributed by atoms with van der Waals surface area (Å²) >= 11 is 1.61. The molecule has 1 fully saturated rings. The zero-order chi connectivity index (χ0) is 22.4. The van der Waals surface area contributed by atoms with Gasteiger partial charge in [-0.25, -0.2) is 4.98 Å². The lowest BCUT2D eigenvalue weighted by atomic mass is 10.1. The maximum atomic E-state index is 12.3. The molecule has 1 aromatic carbocycles. The van der Waals surface area contributed by atoms with Crippen LogP contribution in [0.4, 0.5) is 5.69 Å². The molecule has 0 aliphatic carbocycles. The summed E-state index contributed by atoms with van der Waals surface area (Å²) in [5, 5.41) is 5.84. The molecule has 0 atom stereocenters. The molecule has 6 nitrogen and oxygen atoms in total. The SMILES string of the molecule is C/C=C\S/C(=C\C)c1cc(OC(C)(C)COC)c2cc(NC(=O)C3COC3)ccc2n1. The third kappa shape index (κ3) is 5.87. The fourth-order valence-corrected chi connectivity index (χ4v) is 3.85. The van der Waals surface area contributed by atoms with E-state index >= 15 is 0 Å². The summed E-state index contributed by atoms with van der Waals surface area (Å²) in [7, 11) is 1.66. The van der Waals surface area contributed by atoms with Crippen LogP contribution in [0.1, 0.15) is 33.4 Å². The lowest BCUT2D eigenvalue weighted by molar-refractivity contribution is -0.133. The Morgan fingerprint density at radius 3 is 2.71 bits per heavy atom. The van der Waals surface area contributed by atoms with Gasteiger partial charge in [-0.2, -0.15) is 0 Å². The van der Waals surface area contributed by atoms with Gasteiger partial charge in [0.15, 0.2) is 0 Å². The second kappa shape index (κ2) is 10.3. The number of ether oxygens (including phenoxy) is 3. The van der Waals surface area contributed by atoms with Crippen molar-refractivity contribution in [2.24, 2.45) is 5.92 Å². The van der Waals surface area contributed by atoms with Crippen molar-refractivity contribution in [2.45, 2.75) is 33.3 Å². The van der Waals surface area contributed by atoms with Crippen molar-refractivity contribution in [3.05, 3.63) is 47.5 Å². The minimum Gasteiger partial charge on any atom is -0.485 e. The summed E-state index contributed by atoms with van der Waals surface area (Å²) in [5.41, 5.74) is 1.81. The number of benzene rings is 1. The van der Waals surface area contributed by atoms with Crippen molar-refractivity contribution < 1.29 is 19.0 Å². The highest BCUT2D eigenvalue weighted by Crippen LogP contribution is 2.36. The molecule has 0 radical (unpaired) electrons. The predicted molar refractivity (Wildman–Crippen MR) is 127 cm³/mol. The van der Waals surface area contributed by atoms with Gasteiger partial charge in [0.2, 0.25) is 5.91 Å². The number of anilines is 1. The van der Waals surface area contributed by atoms with E-state index in [0.29, 0.717) is 31.3 Å². The number of carbonyl (C=O) groups excluding carboxylic acids is 1. The molecule has 0 unspecified atom stereocenters. The summed E-state index contributed by atoms with van der Waals surface area (Å²) in [6.45, 7) is 9.33. The van der Waals surface area contributed by atoms with Crippen LogP contribution < -0.4 is 10.1 Å². The topological polar surface area (TPSA) is 69.7 Å². The van der Waals surface area contributed by atoms with Crippen LogP contribution in [0.5, 0.6) is 5.75 Å². The number of hydrogen-bond acceptors (Lipinski definition) is 6. The quantitative estimate of drug-likeness (QED) is 0.572. The lowest BCUT2D eigenvalue weighted by Gasteiger charge is -2.27. The Morgan fingerprint density at radius 1 is 1.32 bits per heavy atom. The lowest BCUT2D eigenvalue weighted by Crippen LogP contribution is -2.38. The van der Waals surface area contributed by atoms with Gasteiger partial charge in [-0.1, -0.05) is 23.9 Å². The van der Waals surface area contributed by atoms with Crippen molar-refractivity contribution in [3.8, 4) is 5.75 Å². The first-order valence-electron chi connectivity index (χ1n) is 10.3. The Balaban J connectivity index is 2.03. The number of nitrogens with one attached hydrogen (secondary N) is 1. The maximum absolute atomic E-state index is 12.3. The molecule has 31 heavy (non-hydrogen) atoms. The van der Waals surface area contributed by atoms with Crippen molar-refractivity contribution in [1.29, 1.82) is 0 Å². The molecular weight excluding hydrogens is 412 g/mol. The highest BCUT2D eigenvalue weighted by molar-refractivity contribution is 8.10. The van der Waals surface area contributed by atoms with E-state index in [-0.39, 0.29) is 11.8 Å². The number of methoxy groups -OCH3 is 1. The molecule has 1 saturated heterocycles. The molecule has 166 valence electrons. The van der Waals surface area contributed by atoms with E-state index < -0.39 is 5.60 Å². The summed E-state index contributed by atoms with van der Waals surface area (Å²) in [4.78, 5) is 18.2. The fourth-order valence-electron chi connectivity index (χ4n) is 3.21. The number of amides is 1.